The molecule has 0 unspecified atom stereocenters. The second-order valence-electron chi connectivity index (χ2n) is 8.18. The van der Waals surface area contributed by atoms with Crippen LogP contribution in [0.1, 0.15) is 22.3 Å². The Kier molecular flexibility index (Phi) is 6.77. The summed E-state index contributed by atoms with van der Waals surface area (Å²) in [7, 11) is 3.87. The highest BCUT2D eigenvalue weighted by atomic mass is 16.5. The Balaban J connectivity index is 1.32. The summed E-state index contributed by atoms with van der Waals surface area (Å²) in [5, 5.41) is 8.42. The SMILES string of the molecule is CN(C)c1ccc(C(=O)Nc2cccc(NC(=O)COc3ccc4c(c3)NC(=O)CC4)c2)cc1. The van der Waals surface area contributed by atoms with Crippen molar-refractivity contribution in [3.8, 4) is 5.75 Å². The van der Waals surface area contributed by atoms with Gasteiger partial charge in [0.2, 0.25) is 5.91 Å². The molecule has 0 radical (unpaired) electrons. The van der Waals surface area contributed by atoms with E-state index in [0.717, 1.165) is 11.3 Å². The lowest BCUT2D eigenvalue weighted by atomic mass is 10.0. The molecule has 3 aromatic rings. The van der Waals surface area contributed by atoms with Crippen LogP contribution >= 0.6 is 0 Å². The highest BCUT2D eigenvalue weighted by Crippen LogP contribution is 2.27. The third-order valence-electron chi connectivity index (χ3n) is 5.40. The Hall–Kier alpha value is -4.33. The van der Waals surface area contributed by atoms with Crippen molar-refractivity contribution in [2.75, 3.05) is 41.6 Å². The van der Waals surface area contributed by atoms with E-state index in [0.29, 0.717) is 41.2 Å². The molecule has 0 atom stereocenters. The van der Waals surface area contributed by atoms with Gasteiger partial charge in [-0.15, -0.1) is 0 Å². The van der Waals surface area contributed by atoms with Crippen LogP contribution in [0.15, 0.2) is 66.7 Å². The summed E-state index contributed by atoms with van der Waals surface area (Å²) < 4.78 is 5.58. The molecular formula is C26H26N4O4. The lowest BCUT2D eigenvalue weighted by Gasteiger charge is -2.17. The van der Waals surface area contributed by atoms with Crippen molar-refractivity contribution in [3.63, 3.8) is 0 Å². The molecule has 8 nitrogen and oxygen atoms in total. The van der Waals surface area contributed by atoms with Gasteiger partial charge in [0, 0.05) is 54.9 Å². The van der Waals surface area contributed by atoms with Crippen LogP contribution in [-0.4, -0.2) is 38.4 Å². The number of benzene rings is 3. The molecule has 0 aromatic heterocycles. The summed E-state index contributed by atoms with van der Waals surface area (Å²) in [6, 6.07) is 19.6. The highest BCUT2D eigenvalue weighted by Gasteiger charge is 2.15. The van der Waals surface area contributed by atoms with Crippen molar-refractivity contribution in [2.45, 2.75) is 12.8 Å². The number of nitrogens with zero attached hydrogens (tertiary/aromatic N) is 1. The van der Waals surface area contributed by atoms with E-state index in [1.54, 1.807) is 48.5 Å². The van der Waals surface area contributed by atoms with E-state index in [-0.39, 0.29) is 24.3 Å². The zero-order chi connectivity index (χ0) is 24.1. The van der Waals surface area contributed by atoms with Crippen molar-refractivity contribution < 1.29 is 19.1 Å². The number of nitrogens with one attached hydrogen (secondary N) is 3. The molecule has 0 bridgehead atoms. The number of anilines is 4. The van der Waals surface area contributed by atoms with Gasteiger partial charge in [-0.25, -0.2) is 0 Å². The summed E-state index contributed by atoms with van der Waals surface area (Å²) in [5.41, 5.74) is 4.40. The van der Waals surface area contributed by atoms with Gasteiger partial charge in [-0.3, -0.25) is 14.4 Å². The van der Waals surface area contributed by atoms with Crippen LogP contribution in [-0.2, 0) is 16.0 Å². The first-order valence-corrected chi connectivity index (χ1v) is 10.9. The van der Waals surface area contributed by atoms with E-state index >= 15 is 0 Å². The molecular weight excluding hydrogens is 432 g/mol. The van der Waals surface area contributed by atoms with E-state index in [1.165, 1.54) is 0 Å². The van der Waals surface area contributed by atoms with E-state index in [9.17, 15) is 14.4 Å². The first-order chi connectivity index (χ1) is 16.4. The summed E-state index contributed by atoms with van der Waals surface area (Å²) in [4.78, 5) is 38.5. The van der Waals surface area contributed by atoms with Crippen LogP contribution in [0, 0.1) is 0 Å². The van der Waals surface area contributed by atoms with Gasteiger partial charge in [0.15, 0.2) is 6.61 Å². The standard InChI is InChI=1S/C26H26N4O4/c1-30(2)21-10-6-18(7-11-21)26(33)28-20-5-3-4-19(14-20)27-25(32)16-34-22-12-8-17-9-13-24(31)29-23(17)15-22/h3-8,10-12,14-15H,9,13,16H2,1-2H3,(H,27,32)(H,28,33)(H,29,31). The Bertz CT molecular complexity index is 1220. The summed E-state index contributed by atoms with van der Waals surface area (Å²) in [5.74, 6) is -0.113. The molecule has 3 amide bonds. The first-order valence-electron chi connectivity index (χ1n) is 10.9. The molecule has 3 N–H and O–H groups in total. The summed E-state index contributed by atoms with van der Waals surface area (Å²) >= 11 is 0. The van der Waals surface area contributed by atoms with Crippen molar-refractivity contribution in [3.05, 3.63) is 77.9 Å². The van der Waals surface area contributed by atoms with Gasteiger partial charge in [-0.05, 0) is 60.5 Å². The minimum absolute atomic E-state index is 0.0278. The normalized spacial score (nSPS) is 12.2. The summed E-state index contributed by atoms with van der Waals surface area (Å²) in [6.45, 7) is -0.193. The fraction of sp³-hybridized carbons (Fsp3) is 0.192. The quantitative estimate of drug-likeness (QED) is 0.499. The van der Waals surface area contributed by atoms with Crippen LogP contribution < -0.4 is 25.6 Å². The van der Waals surface area contributed by atoms with E-state index < -0.39 is 0 Å². The molecule has 3 aromatic carbocycles. The number of amides is 3. The van der Waals surface area contributed by atoms with E-state index in [4.69, 9.17) is 4.74 Å². The third kappa shape index (κ3) is 5.72. The van der Waals surface area contributed by atoms with Gasteiger partial charge >= 0.3 is 0 Å². The molecule has 1 heterocycles. The molecule has 0 saturated carbocycles. The molecule has 0 spiro atoms. The van der Waals surface area contributed by atoms with Gasteiger partial charge in [0.25, 0.3) is 11.8 Å². The monoisotopic (exact) mass is 458 g/mol. The van der Waals surface area contributed by atoms with Crippen LogP contribution in [0.3, 0.4) is 0 Å². The Labute approximate surface area is 197 Å². The lowest BCUT2D eigenvalue weighted by Crippen LogP contribution is -2.21. The molecule has 1 aliphatic heterocycles. The fourth-order valence-electron chi connectivity index (χ4n) is 3.58. The third-order valence-corrected chi connectivity index (χ3v) is 5.40. The fourth-order valence-corrected chi connectivity index (χ4v) is 3.58. The van der Waals surface area contributed by atoms with Crippen LogP contribution in [0.5, 0.6) is 5.75 Å². The Morgan fingerprint density at radius 3 is 2.41 bits per heavy atom. The lowest BCUT2D eigenvalue weighted by molar-refractivity contribution is -0.118. The maximum Gasteiger partial charge on any atom is 0.262 e. The molecule has 0 saturated heterocycles. The number of hydrogen-bond donors (Lipinski definition) is 3. The molecule has 4 rings (SSSR count). The van der Waals surface area contributed by atoms with Crippen molar-refractivity contribution in [1.29, 1.82) is 0 Å². The molecule has 0 aliphatic carbocycles. The Morgan fingerprint density at radius 1 is 0.941 bits per heavy atom. The van der Waals surface area contributed by atoms with Crippen LogP contribution in [0.25, 0.3) is 0 Å². The molecule has 174 valence electrons. The molecule has 1 aliphatic rings. The van der Waals surface area contributed by atoms with E-state index in [2.05, 4.69) is 16.0 Å². The van der Waals surface area contributed by atoms with Gasteiger partial charge in [-0.1, -0.05) is 12.1 Å². The average molecular weight is 459 g/mol. The van der Waals surface area contributed by atoms with Gasteiger partial charge in [-0.2, -0.15) is 0 Å². The smallest absolute Gasteiger partial charge is 0.262 e. The van der Waals surface area contributed by atoms with Gasteiger partial charge < -0.3 is 25.6 Å². The number of hydrogen-bond acceptors (Lipinski definition) is 5. The van der Waals surface area contributed by atoms with E-state index in [1.807, 2.05) is 37.2 Å². The second kappa shape index (κ2) is 10.1. The van der Waals surface area contributed by atoms with Crippen molar-refractivity contribution in [2.24, 2.45) is 0 Å². The van der Waals surface area contributed by atoms with Gasteiger partial charge in [0.1, 0.15) is 5.75 Å². The Morgan fingerprint density at radius 2 is 1.68 bits per heavy atom. The maximum absolute atomic E-state index is 12.6. The minimum atomic E-state index is -0.343. The predicted molar refractivity (Wildman–Crippen MR) is 133 cm³/mol. The van der Waals surface area contributed by atoms with Gasteiger partial charge in [0.05, 0.1) is 0 Å². The molecule has 34 heavy (non-hydrogen) atoms. The average Bonchev–Trinajstić information content (AvgIpc) is 2.82. The number of ether oxygens (including phenoxy) is 1. The topological polar surface area (TPSA) is 99.8 Å². The van der Waals surface area contributed by atoms with Crippen LogP contribution in [0.2, 0.25) is 0 Å². The molecule has 0 fully saturated rings. The zero-order valence-corrected chi connectivity index (χ0v) is 19.1. The van der Waals surface area contributed by atoms with Crippen molar-refractivity contribution >= 4 is 40.5 Å². The second-order valence-corrected chi connectivity index (χ2v) is 8.18. The number of rotatable bonds is 7. The number of aryl methyl sites for hydroxylation is 1. The highest BCUT2D eigenvalue weighted by molar-refractivity contribution is 6.05. The molecule has 8 heteroatoms. The number of fused-ring (bicyclic) bond motifs is 1. The number of carbonyl (C=O) groups is 3. The number of carbonyl (C=O) groups excluding carboxylic acids is 3. The summed E-state index contributed by atoms with van der Waals surface area (Å²) in [6.07, 6.45) is 1.16. The first kappa shape index (κ1) is 22.8. The minimum Gasteiger partial charge on any atom is -0.484 e. The van der Waals surface area contributed by atoms with Crippen LogP contribution in [0.4, 0.5) is 22.7 Å². The van der Waals surface area contributed by atoms with Crippen molar-refractivity contribution in [1.82, 2.24) is 0 Å². The maximum atomic E-state index is 12.6. The zero-order valence-electron chi connectivity index (χ0n) is 19.1. The largest absolute Gasteiger partial charge is 0.484 e. The predicted octanol–water partition coefficient (Wildman–Crippen LogP) is 3.91.